The standard InChI is InChI=1S/C16H32N4O6/c1-3-25-14-16(2,26-14)6-8-24-10-11(21)9-20-12(13(22)23)5-4-7-19-15(17)18/h11-12,14,20-21H,3-10H2,1-2H3,(H,22,23)(H4,17,18,19). The largest absolute Gasteiger partial charge is 0.480 e. The molecule has 1 aliphatic rings. The lowest BCUT2D eigenvalue weighted by molar-refractivity contribution is -0.139. The number of nitrogens with one attached hydrogen (secondary N) is 1. The fourth-order valence-corrected chi connectivity index (χ4v) is 2.40. The van der Waals surface area contributed by atoms with Crippen molar-refractivity contribution in [1.29, 1.82) is 0 Å². The highest BCUT2D eigenvalue weighted by Gasteiger charge is 2.52. The fraction of sp³-hybridized carbons (Fsp3) is 0.875. The topological polar surface area (TPSA) is 165 Å². The van der Waals surface area contributed by atoms with E-state index in [1.54, 1.807) is 0 Å². The molecule has 1 aliphatic heterocycles. The van der Waals surface area contributed by atoms with Crippen molar-refractivity contribution in [2.45, 2.75) is 57.1 Å². The van der Waals surface area contributed by atoms with E-state index in [-0.39, 0.29) is 31.0 Å². The van der Waals surface area contributed by atoms with Crippen molar-refractivity contribution in [1.82, 2.24) is 5.32 Å². The van der Waals surface area contributed by atoms with Crippen molar-refractivity contribution in [2.75, 3.05) is 32.9 Å². The number of rotatable bonds is 15. The van der Waals surface area contributed by atoms with Crippen LogP contribution in [0.4, 0.5) is 0 Å². The monoisotopic (exact) mass is 376 g/mol. The summed E-state index contributed by atoms with van der Waals surface area (Å²) in [5, 5.41) is 21.9. The summed E-state index contributed by atoms with van der Waals surface area (Å²) < 4.78 is 16.3. The van der Waals surface area contributed by atoms with Crippen LogP contribution in [0.3, 0.4) is 0 Å². The lowest BCUT2D eigenvalue weighted by Crippen LogP contribution is -2.42. The Morgan fingerprint density at radius 3 is 2.81 bits per heavy atom. The fourth-order valence-electron chi connectivity index (χ4n) is 2.40. The number of aliphatic carboxylic acids is 1. The Morgan fingerprint density at radius 1 is 1.46 bits per heavy atom. The molecule has 0 amide bonds. The van der Waals surface area contributed by atoms with Gasteiger partial charge in [-0.15, -0.1) is 0 Å². The zero-order chi connectivity index (χ0) is 19.6. The predicted molar refractivity (Wildman–Crippen MR) is 95.7 cm³/mol. The second-order valence-electron chi connectivity index (χ2n) is 6.44. The Kier molecular flexibility index (Phi) is 9.81. The van der Waals surface area contributed by atoms with Crippen LogP contribution in [-0.4, -0.2) is 79.1 Å². The molecule has 4 unspecified atom stereocenters. The van der Waals surface area contributed by atoms with E-state index < -0.39 is 18.1 Å². The Hall–Kier alpha value is -1.46. The normalized spacial score (nSPS) is 24.0. The molecule has 4 atom stereocenters. The van der Waals surface area contributed by atoms with Crippen LogP contribution in [0.1, 0.15) is 33.1 Å². The maximum absolute atomic E-state index is 11.2. The number of ether oxygens (including phenoxy) is 3. The molecule has 1 heterocycles. The highest BCUT2D eigenvalue weighted by Crippen LogP contribution is 2.39. The molecule has 0 spiro atoms. The number of hydrogen-bond acceptors (Lipinski definition) is 7. The van der Waals surface area contributed by atoms with E-state index in [4.69, 9.17) is 25.7 Å². The van der Waals surface area contributed by atoms with Crippen LogP contribution >= 0.6 is 0 Å². The predicted octanol–water partition coefficient (Wildman–Crippen LogP) is -0.998. The van der Waals surface area contributed by atoms with Gasteiger partial charge in [0.15, 0.2) is 12.2 Å². The molecule has 0 aromatic rings. The number of epoxide rings is 1. The van der Waals surface area contributed by atoms with Gasteiger partial charge in [-0.3, -0.25) is 9.79 Å². The van der Waals surface area contributed by atoms with E-state index in [0.717, 1.165) is 0 Å². The van der Waals surface area contributed by atoms with Gasteiger partial charge in [0.1, 0.15) is 11.6 Å². The van der Waals surface area contributed by atoms with E-state index in [1.165, 1.54) is 0 Å². The molecule has 10 nitrogen and oxygen atoms in total. The first-order chi connectivity index (χ1) is 12.3. The smallest absolute Gasteiger partial charge is 0.320 e. The summed E-state index contributed by atoms with van der Waals surface area (Å²) in [7, 11) is 0. The van der Waals surface area contributed by atoms with Gasteiger partial charge < -0.3 is 41.2 Å². The molecular formula is C16H32N4O6. The van der Waals surface area contributed by atoms with Gasteiger partial charge in [0.2, 0.25) is 0 Å². The Labute approximate surface area is 153 Å². The number of nitrogens with zero attached hydrogens (tertiary/aromatic N) is 1. The zero-order valence-electron chi connectivity index (χ0n) is 15.5. The third kappa shape index (κ3) is 8.77. The van der Waals surface area contributed by atoms with Crippen molar-refractivity contribution in [2.24, 2.45) is 16.5 Å². The number of carbonyl (C=O) groups is 1. The summed E-state index contributed by atoms with van der Waals surface area (Å²) in [6.07, 6.45) is 0.561. The van der Waals surface area contributed by atoms with Crippen LogP contribution in [0, 0.1) is 0 Å². The first-order valence-corrected chi connectivity index (χ1v) is 8.85. The van der Waals surface area contributed by atoms with Gasteiger partial charge in [-0.2, -0.15) is 0 Å². The van der Waals surface area contributed by atoms with Gasteiger partial charge in [-0.1, -0.05) is 0 Å². The molecule has 0 saturated carbocycles. The number of guanidine groups is 1. The minimum absolute atomic E-state index is 0.0181. The van der Waals surface area contributed by atoms with Gasteiger partial charge in [0, 0.05) is 32.7 Å². The summed E-state index contributed by atoms with van der Waals surface area (Å²) in [5.74, 6) is -1.00. The molecule has 1 saturated heterocycles. The van der Waals surface area contributed by atoms with Crippen LogP contribution in [0.25, 0.3) is 0 Å². The molecule has 1 fully saturated rings. The van der Waals surface area contributed by atoms with Crippen molar-refractivity contribution in [3.05, 3.63) is 0 Å². The molecule has 1 rings (SSSR count). The lowest BCUT2D eigenvalue weighted by Gasteiger charge is -2.17. The van der Waals surface area contributed by atoms with Crippen LogP contribution in [0.15, 0.2) is 4.99 Å². The minimum Gasteiger partial charge on any atom is -0.480 e. The van der Waals surface area contributed by atoms with Gasteiger partial charge in [-0.25, -0.2) is 0 Å². The number of aliphatic hydroxyl groups excluding tert-OH is 1. The molecule has 0 aromatic carbocycles. The quantitative estimate of drug-likeness (QED) is 0.104. The molecule has 7 N–H and O–H groups in total. The van der Waals surface area contributed by atoms with Crippen LogP contribution in [-0.2, 0) is 19.0 Å². The van der Waals surface area contributed by atoms with Gasteiger partial charge in [-0.05, 0) is 26.7 Å². The lowest BCUT2D eigenvalue weighted by atomic mass is 10.1. The van der Waals surface area contributed by atoms with E-state index in [2.05, 4.69) is 10.3 Å². The molecule has 10 heteroatoms. The molecule has 0 radical (unpaired) electrons. The number of nitrogens with two attached hydrogens (primary N) is 2. The number of aliphatic hydroxyl groups is 1. The molecule has 26 heavy (non-hydrogen) atoms. The Morgan fingerprint density at radius 2 is 2.19 bits per heavy atom. The number of aliphatic imine (C=N–C) groups is 1. The maximum Gasteiger partial charge on any atom is 0.320 e. The average molecular weight is 376 g/mol. The number of carboxylic acid groups (broad SMARTS) is 1. The maximum atomic E-state index is 11.2. The molecule has 0 aromatic heterocycles. The van der Waals surface area contributed by atoms with E-state index in [1.807, 2.05) is 13.8 Å². The summed E-state index contributed by atoms with van der Waals surface area (Å²) in [6.45, 7) is 5.49. The van der Waals surface area contributed by atoms with Crippen LogP contribution in [0.2, 0.25) is 0 Å². The SMILES string of the molecule is CCOC1OC1(C)CCOCC(O)CNC(CCCN=C(N)N)C(=O)O. The van der Waals surface area contributed by atoms with Crippen molar-refractivity contribution >= 4 is 11.9 Å². The first-order valence-electron chi connectivity index (χ1n) is 8.85. The van der Waals surface area contributed by atoms with E-state index in [0.29, 0.717) is 39.0 Å². The molecular weight excluding hydrogens is 344 g/mol. The van der Waals surface area contributed by atoms with E-state index >= 15 is 0 Å². The van der Waals surface area contributed by atoms with Crippen LogP contribution < -0.4 is 16.8 Å². The minimum atomic E-state index is -0.983. The van der Waals surface area contributed by atoms with Crippen LogP contribution in [0.5, 0.6) is 0 Å². The second kappa shape index (κ2) is 11.3. The number of hydrogen-bond donors (Lipinski definition) is 5. The molecule has 152 valence electrons. The van der Waals surface area contributed by atoms with Crippen molar-refractivity contribution in [3.63, 3.8) is 0 Å². The number of carboxylic acids is 1. The molecule has 0 bridgehead atoms. The highest BCUT2D eigenvalue weighted by molar-refractivity contribution is 5.75. The summed E-state index contributed by atoms with van der Waals surface area (Å²) in [6, 6.07) is -0.774. The molecule has 0 aliphatic carbocycles. The van der Waals surface area contributed by atoms with Gasteiger partial charge in [0.05, 0.1) is 12.7 Å². The third-order valence-electron chi connectivity index (χ3n) is 4.03. The first kappa shape index (κ1) is 22.6. The highest BCUT2D eigenvalue weighted by atomic mass is 16.8. The summed E-state index contributed by atoms with van der Waals surface area (Å²) in [4.78, 5) is 15.0. The summed E-state index contributed by atoms with van der Waals surface area (Å²) >= 11 is 0. The van der Waals surface area contributed by atoms with Crippen molar-refractivity contribution < 1.29 is 29.2 Å². The Balaban J connectivity index is 2.14. The second-order valence-corrected chi connectivity index (χ2v) is 6.44. The zero-order valence-corrected chi connectivity index (χ0v) is 15.5. The average Bonchev–Trinajstić information content (AvgIpc) is 3.20. The summed E-state index contributed by atoms with van der Waals surface area (Å²) in [5.41, 5.74) is 10.1. The third-order valence-corrected chi connectivity index (χ3v) is 4.03. The Bertz CT molecular complexity index is 460. The van der Waals surface area contributed by atoms with Gasteiger partial charge >= 0.3 is 5.97 Å². The van der Waals surface area contributed by atoms with Gasteiger partial charge in [0.25, 0.3) is 0 Å². The van der Waals surface area contributed by atoms with Crippen molar-refractivity contribution in [3.8, 4) is 0 Å². The van der Waals surface area contributed by atoms with E-state index in [9.17, 15) is 15.0 Å².